The molecule has 3 rings (SSSR count). The van der Waals surface area contributed by atoms with E-state index in [1.165, 1.54) is 40.1 Å². The van der Waals surface area contributed by atoms with Crippen molar-refractivity contribution >= 4 is 44.0 Å². The lowest BCUT2D eigenvalue weighted by atomic mass is 10.2. The number of hydrogen-bond acceptors (Lipinski definition) is 8. The van der Waals surface area contributed by atoms with Crippen LogP contribution in [0.1, 0.15) is 18.9 Å². The summed E-state index contributed by atoms with van der Waals surface area (Å²) >= 11 is 2.63. The predicted octanol–water partition coefficient (Wildman–Crippen LogP) is 2.42. The van der Waals surface area contributed by atoms with E-state index in [2.05, 4.69) is 15.5 Å². The fraction of sp³-hybridized carbons (Fsp3) is 0.471. The van der Waals surface area contributed by atoms with Gasteiger partial charge in [0.05, 0.1) is 16.8 Å². The molecule has 0 saturated carbocycles. The number of halogens is 1. The second kappa shape index (κ2) is 8.75. The molecule has 0 unspecified atom stereocenters. The Balaban J connectivity index is 1.52. The lowest BCUT2D eigenvalue weighted by Gasteiger charge is -2.25. The molecule has 28 heavy (non-hydrogen) atoms. The van der Waals surface area contributed by atoms with Gasteiger partial charge in [0.25, 0.3) is 0 Å². The Morgan fingerprint density at radius 1 is 1.39 bits per heavy atom. The third-order valence-electron chi connectivity index (χ3n) is 4.49. The van der Waals surface area contributed by atoms with Crippen molar-refractivity contribution in [2.45, 2.75) is 35.5 Å². The van der Waals surface area contributed by atoms with Gasteiger partial charge < -0.3 is 10.2 Å². The second-order valence-corrected chi connectivity index (χ2v) is 11.4. The first kappa shape index (κ1) is 21.0. The lowest BCUT2D eigenvalue weighted by Crippen LogP contribution is -2.41. The average Bonchev–Trinajstić information content (AvgIpc) is 3.25. The summed E-state index contributed by atoms with van der Waals surface area (Å²) < 4.78 is 36.8. The van der Waals surface area contributed by atoms with E-state index in [4.69, 9.17) is 0 Å². The topological polar surface area (TPSA) is 92.3 Å². The van der Waals surface area contributed by atoms with Gasteiger partial charge in [-0.1, -0.05) is 35.2 Å². The highest BCUT2D eigenvalue weighted by atomic mass is 32.2. The molecule has 1 amide bonds. The Morgan fingerprint density at radius 2 is 2.11 bits per heavy atom. The van der Waals surface area contributed by atoms with Crippen LogP contribution in [-0.4, -0.2) is 59.3 Å². The number of anilines is 1. The normalized spacial score (nSPS) is 19.3. The van der Waals surface area contributed by atoms with Gasteiger partial charge in [-0.05, 0) is 31.0 Å². The fourth-order valence-corrected chi connectivity index (χ4v) is 6.63. The van der Waals surface area contributed by atoms with Crippen molar-refractivity contribution < 1.29 is 17.6 Å². The quantitative estimate of drug-likeness (QED) is 0.656. The molecule has 1 aliphatic heterocycles. The van der Waals surface area contributed by atoms with Gasteiger partial charge >= 0.3 is 0 Å². The number of amides is 1. The van der Waals surface area contributed by atoms with Crippen LogP contribution in [0.2, 0.25) is 0 Å². The Hall–Kier alpha value is -1.72. The monoisotopic (exact) mass is 444 g/mol. The fourth-order valence-electron chi connectivity index (χ4n) is 2.86. The molecule has 2 atom stereocenters. The third kappa shape index (κ3) is 5.42. The summed E-state index contributed by atoms with van der Waals surface area (Å²) in [6.45, 7) is 2.27. The zero-order chi connectivity index (χ0) is 20.3. The zero-order valence-electron chi connectivity index (χ0n) is 15.5. The van der Waals surface area contributed by atoms with Crippen LogP contribution in [0, 0.1) is 5.82 Å². The maximum Gasteiger partial charge on any atom is 0.235 e. The standard InChI is InChI=1S/C17H21FN4O3S3/c1-11(15(23)22(2)14-7-8-28(24,25)10-14)26-17-21-20-16(27-17)19-9-12-3-5-13(18)6-4-12/h3-6,11,14H,7-10H2,1-2H3,(H,19,20)/t11-,14-/m0/s1. The summed E-state index contributed by atoms with van der Waals surface area (Å²) in [7, 11) is -1.38. The molecule has 2 heterocycles. The molecule has 2 aromatic rings. The molecule has 0 radical (unpaired) electrons. The Kier molecular flexibility index (Phi) is 6.56. The summed E-state index contributed by atoms with van der Waals surface area (Å²) in [5, 5.41) is 11.5. The van der Waals surface area contributed by atoms with E-state index in [-0.39, 0.29) is 29.3 Å². The van der Waals surface area contributed by atoms with E-state index in [0.29, 0.717) is 22.4 Å². The van der Waals surface area contributed by atoms with Gasteiger partial charge in [-0.2, -0.15) is 0 Å². The highest BCUT2D eigenvalue weighted by Crippen LogP contribution is 2.30. The molecule has 0 spiro atoms. The SMILES string of the molecule is C[C@H](Sc1nnc(NCc2ccc(F)cc2)s1)C(=O)N(C)[C@H]1CCS(=O)(=O)C1. The number of hydrogen-bond donors (Lipinski definition) is 1. The molecule has 1 aromatic heterocycles. The zero-order valence-corrected chi connectivity index (χ0v) is 17.9. The number of nitrogens with one attached hydrogen (secondary N) is 1. The van der Waals surface area contributed by atoms with E-state index in [0.717, 1.165) is 5.56 Å². The maximum absolute atomic E-state index is 12.9. The predicted molar refractivity (Wildman–Crippen MR) is 109 cm³/mol. The molecule has 1 fully saturated rings. The van der Waals surface area contributed by atoms with Crippen LogP contribution in [0.5, 0.6) is 0 Å². The smallest absolute Gasteiger partial charge is 0.235 e. The number of benzene rings is 1. The number of nitrogens with zero attached hydrogens (tertiary/aromatic N) is 3. The molecule has 11 heteroatoms. The molecule has 1 aliphatic rings. The van der Waals surface area contributed by atoms with Gasteiger partial charge in [0, 0.05) is 19.6 Å². The van der Waals surface area contributed by atoms with Crippen LogP contribution in [0.25, 0.3) is 0 Å². The van der Waals surface area contributed by atoms with E-state index in [1.54, 1.807) is 26.1 Å². The highest BCUT2D eigenvalue weighted by molar-refractivity contribution is 8.02. The molecule has 0 aliphatic carbocycles. The molecule has 7 nitrogen and oxygen atoms in total. The number of carbonyl (C=O) groups excluding carboxylic acids is 1. The molecule has 1 saturated heterocycles. The minimum Gasteiger partial charge on any atom is -0.356 e. The van der Waals surface area contributed by atoms with Crippen molar-refractivity contribution in [3.05, 3.63) is 35.6 Å². The second-order valence-electron chi connectivity index (χ2n) is 6.62. The third-order valence-corrected chi connectivity index (χ3v) is 8.30. The summed E-state index contributed by atoms with van der Waals surface area (Å²) in [6, 6.07) is 5.93. The van der Waals surface area contributed by atoms with E-state index < -0.39 is 15.1 Å². The Labute approximate surface area is 171 Å². The number of carbonyl (C=O) groups is 1. The van der Waals surface area contributed by atoms with Crippen LogP contribution in [-0.2, 0) is 21.2 Å². The van der Waals surface area contributed by atoms with Crippen LogP contribution in [0.3, 0.4) is 0 Å². The largest absolute Gasteiger partial charge is 0.356 e. The summed E-state index contributed by atoms with van der Waals surface area (Å²) in [6.07, 6.45) is 0.484. The van der Waals surface area contributed by atoms with Gasteiger partial charge in [0.2, 0.25) is 11.0 Å². The van der Waals surface area contributed by atoms with Crippen molar-refractivity contribution in [3.63, 3.8) is 0 Å². The van der Waals surface area contributed by atoms with Gasteiger partial charge in [-0.25, -0.2) is 12.8 Å². The van der Waals surface area contributed by atoms with E-state index in [1.807, 2.05) is 0 Å². The van der Waals surface area contributed by atoms with Crippen molar-refractivity contribution in [1.82, 2.24) is 15.1 Å². The van der Waals surface area contributed by atoms with Crippen molar-refractivity contribution in [2.24, 2.45) is 0 Å². The summed E-state index contributed by atoms with van der Waals surface area (Å²) in [5.74, 6) is -0.237. The molecular formula is C17H21FN4O3S3. The van der Waals surface area contributed by atoms with Crippen LogP contribution < -0.4 is 5.32 Å². The van der Waals surface area contributed by atoms with E-state index in [9.17, 15) is 17.6 Å². The molecule has 1 aromatic carbocycles. The minimum absolute atomic E-state index is 0.0306. The van der Waals surface area contributed by atoms with Gasteiger partial charge in [0.15, 0.2) is 14.2 Å². The first-order valence-electron chi connectivity index (χ1n) is 8.69. The highest BCUT2D eigenvalue weighted by Gasteiger charge is 2.34. The first-order valence-corrected chi connectivity index (χ1v) is 12.2. The maximum atomic E-state index is 12.9. The number of sulfone groups is 1. The van der Waals surface area contributed by atoms with E-state index >= 15 is 0 Å². The number of thioether (sulfide) groups is 1. The van der Waals surface area contributed by atoms with Crippen LogP contribution >= 0.6 is 23.1 Å². The average molecular weight is 445 g/mol. The number of rotatable bonds is 7. The number of aromatic nitrogens is 2. The molecule has 152 valence electrons. The first-order chi connectivity index (χ1) is 13.2. The molecular weight excluding hydrogens is 423 g/mol. The van der Waals surface area contributed by atoms with Gasteiger partial charge in [-0.3, -0.25) is 4.79 Å². The van der Waals surface area contributed by atoms with Gasteiger partial charge in [0.1, 0.15) is 5.82 Å². The molecule has 1 N–H and O–H groups in total. The van der Waals surface area contributed by atoms with Crippen molar-refractivity contribution in [3.8, 4) is 0 Å². The Bertz CT molecular complexity index is 933. The van der Waals surface area contributed by atoms with Gasteiger partial charge in [-0.15, -0.1) is 10.2 Å². The van der Waals surface area contributed by atoms with Crippen molar-refractivity contribution in [1.29, 1.82) is 0 Å². The summed E-state index contributed by atoms with van der Waals surface area (Å²) in [4.78, 5) is 14.1. The minimum atomic E-state index is -3.04. The lowest BCUT2D eigenvalue weighted by molar-refractivity contribution is -0.130. The van der Waals surface area contributed by atoms with Crippen molar-refractivity contribution in [2.75, 3.05) is 23.9 Å². The van der Waals surface area contributed by atoms with Crippen LogP contribution in [0.4, 0.5) is 9.52 Å². The van der Waals surface area contributed by atoms with Crippen LogP contribution in [0.15, 0.2) is 28.6 Å². The molecule has 0 bridgehead atoms. The summed E-state index contributed by atoms with van der Waals surface area (Å²) in [5.41, 5.74) is 0.919. The Morgan fingerprint density at radius 3 is 2.75 bits per heavy atom.